The van der Waals surface area contributed by atoms with Gasteiger partial charge < -0.3 is 0 Å². The predicted octanol–water partition coefficient (Wildman–Crippen LogP) is 4.33. The second-order valence-electron chi connectivity index (χ2n) is 6.43. The summed E-state index contributed by atoms with van der Waals surface area (Å²) in [6.07, 6.45) is 2.19. The lowest BCUT2D eigenvalue weighted by molar-refractivity contribution is 0.234. The van der Waals surface area contributed by atoms with E-state index >= 15 is 0 Å². The third-order valence-corrected chi connectivity index (χ3v) is 6.18. The molecular formula is C19H21F2NO2S. The van der Waals surface area contributed by atoms with Gasteiger partial charge in [-0.15, -0.1) is 0 Å². The summed E-state index contributed by atoms with van der Waals surface area (Å²) in [5.41, 5.74) is 3.50. The van der Waals surface area contributed by atoms with Crippen molar-refractivity contribution in [3.05, 3.63) is 65.2 Å². The maximum atomic E-state index is 12.6. The van der Waals surface area contributed by atoms with E-state index in [-0.39, 0.29) is 4.90 Å². The smallest absolute Gasteiger partial charge is 0.292 e. The molecule has 1 aliphatic heterocycles. The fraction of sp³-hybridized carbons (Fsp3) is 0.368. The Balaban J connectivity index is 1.77. The van der Waals surface area contributed by atoms with Crippen LogP contribution < -0.4 is 0 Å². The Labute approximate surface area is 147 Å². The highest BCUT2D eigenvalue weighted by atomic mass is 32.2. The molecule has 2 aromatic rings. The van der Waals surface area contributed by atoms with Crippen molar-refractivity contribution in [2.45, 2.75) is 43.0 Å². The van der Waals surface area contributed by atoms with Gasteiger partial charge in [-0.05, 0) is 55.1 Å². The van der Waals surface area contributed by atoms with Crippen molar-refractivity contribution in [2.75, 3.05) is 6.54 Å². The molecule has 0 saturated carbocycles. The minimum Gasteiger partial charge on any atom is -0.292 e. The number of aryl methyl sites for hydroxylation is 1. The first kappa shape index (κ1) is 18.0. The van der Waals surface area contributed by atoms with Crippen molar-refractivity contribution >= 4 is 9.84 Å². The average Bonchev–Trinajstić information content (AvgIpc) is 3.03. The summed E-state index contributed by atoms with van der Waals surface area (Å²) in [5, 5.41) is 0. The van der Waals surface area contributed by atoms with Gasteiger partial charge in [0, 0.05) is 12.6 Å². The Morgan fingerprint density at radius 3 is 2.44 bits per heavy atom. The lowest BCUT2D eigenvalue weighted by Crippen LogP contribution is -2.23. The standard InChI is InChI=1S/C19H21F2NO2S/c1-14-5-2-3-6-17(14)18-7-4-12-22(18)13-15-8-10-16(11-9-15)25(23,24)19(20)21/h2-3,5-6,8-11,18-19H,4,7,12-13H2,1H3. The van der Waals surface area contributed by atoms with E-state index in [1.54, 1.807) is 12.1 Å². The normalized spacial score (nSPS) is 18.8. The zero-order chi connectivity index (χ0) is 18.0. The summed E-state index contributed by atoms with van der Waals surface area (Å²) in [4.78, 5) is 2.03. The molecule has 0 bridgehead atoms. The molecule has 0 N–H and O–H groups in total. The zero-order valence-corrected chi connectivity index (χ0v) is 14.8. The maximum absolute atomic E-state index is 12.6. The minimum atomic E-state index is -4.53. The van der Waals surface area contributed by atoms with Crippen LogP contribution in [0.25, 0.3) is 0 Å². The van der Waals surface area contributed by atoms with Gasteiger partial charge in [0.2, 0.25) is 9.84 Å². The summed E-state index contributed by atoms with van der Waals surface area (Å²) in [5.74, 6) is -3.39. The molecule has 0 amide bonds. The van der Waals surface area contributed by atoms with Crippen molar-refractivity contribution in [3.8, 4) is 0 Å². The van der Waals surface area contributed by atoms with Crippen molar-refractivity contribution in [3.63, 3.8) is 0 Å². The second-order valence-corrected chi connectivity index (χ2v) is 8.35. The molecule has 2 aromatic carbocycles. The van der Waals surface area contributed by atoms with Gasteiger partial charge >= 0.3 is 5.76 Å². The van der Waals surface area contributed by atoms with Crippen LogP contribution in [0.5, 0.6) is 0 Å². The van der Waals surface area contributed by atoms with Crippen molar-refractivity contribution < 1.29 is 17.2 Å². The van der Waals surface area contributed by atoms with E-state index in [4.69, 9.17) is 0 Å². The lowest BCUT2D eigenvalue weighted by Gasteiger charge is -2.26. The van der Waals surface area contributed by atoms with Gasteiger partial charge in [-0.1, -0.05) is 36.4 Å². The zero-order valence-electron chi connectivity index (χ0n) is 14.0. The van der Waals surface area contributed by atoms with Gasteiger partial charge in [-0.3, -0.25) is 4.90 Å². The molecule has 0 spiro atoms. The fourth-order valence-corrected chi connectivity index (χ4v) is 4.17. The lowest BCUT2D eigenvalue weighted by atomic mass is 9.99. The summed E-state index contributed by atoms with van der Waals surface area (Å²) in [6.45, 7) is 3.75. The molecule has 1 unspecified atom stereocenters. The summed E-state index contributed by atoms with van der Waals surface area (Å²) in [7, 11) is -4.53. The fourth-order valence-electron chi connectivity index (χ4n) is 3.45. The molecule has 1 aliphatic rings. The number of halogens is 2. The van der Waals surface area contributed by atoms with E-state index in [0.29, 0.717) is 12.6 Å². The van der Waals surface area contributed by atoms with Gasteiger partial charge in [0.15, 0.2) is 0 Å². The van der Waals surface area contributed by atoms with Crippen LogP contribution in [0.1, 0.15) is 35.6 Å². The van der Waals surface area contributed by atoms with E-state index in [1.807, 2.05) is 12.1 Å². The van der Waals surface area contributed by atoms with Crippen LogP contribution in [0, 0.1) is 6.92 Å². The van der Waals surface area contributed by atoms with Gasteiger partial charge in [0.05, 0.1) is 4.90 Å². The third kappa shape index (κ3) is 3.75. The highest BCUT2D eigenvalue weighted by Crippen LogP contribution is 2.34. The number of hydrogen-bond donors (Lipinski definition) is 0. The van der Waals surface area contributed by atoms with Crippen molar-refractivity contribution in [1.82, 2.24) is 4.90 Å². The van der Waals surface area contributed by atoms with Gasteiger partial charge in [0.1, 0.15) is 0 Å². The molecule has 1 fully saturated rings. The van der Waals surface area contributed by atoms with Crippen LogP contribution >= 0.6 is 0 Å². The average molecular weight is 365 g/mol. The number of hydrogen-bond acceptors (Lipinski definition) is 3. The van der Waals surface area contributed by atoms with Crippen LogP contribution in [0.2, 0.25) is 0 Å². The van der Waals surface area contributed by atoms with Crippen LogP contribution in [0.15, 0.2) is 53.4 Å². The molecule has 0 aromatic heterocycles. The van der Waals surface area contributed by atoms with Gasteiger partial charge in [-0.2, -0.15) is 8.78 Å². The monoisotopic (exact) mass is 365 g/mol. The second kappa shape index (κ2) is 7.22. The molecule has 6 heteroatoms. The third-order valence-electron chi connectivity index (χ3n) is 4.78. The first-order chi connectivity index (χ1) is 11.9. The molecule has 3 nitrogen and oxygen atoms in total. The highest BCUT2D eigenvalue weighted by Gasteiger charge is 2.28. The van der Waals surface area contributed by atoms with Crippen LogP contribution in [0.3, 0.4) is 0 Å². The first-order valence-electron chi connectivity index (χ1n) is 8.30. The Kier molecular flexibility index (Phi) is 5.20. The molecule has 1 atom stereocenters. The Hall–Kier alpha value is -1.79. The van der Waals surface area contributed by atoms with E-state index < -0.39 is 15.6 Å². The van der Waals surface area contributed by atoms with E-state index in [1.165, 1.54) is 23.3 Å². The molecule has 1 heterocycles. The Morgan fingerprint density at radius 2 is 1.80 bits per heavy atom. The van der Waals surface area contributed by atoms with Crippen molar-refractivity contribution in [1.29, 1.82) is 0 Å². The Morgan fingerprint density at radius 1 is 1.12 bits per heavy atom. The number of sulfone groups is 1. The molecule has 25 heavy (non-hydrogen) atoms. The minimum absolute atomic E-state index is 0.330. The number of alkyl halides is 2. The molecule has 0 aliphatic carbocycles. The van der Waals surface area contributed by atoms with Crippen LogP contribution in [-0.4, -0.2) is 25.6 Å². The molecule has 0 radical (unpaired) electrons. The van der Waals surface area contributed by atoms with Crippen LogP contribution in [0.4, 0.5) is 8.78 Å². The van der Waals surface area contributed by atoms with Gasteiger partial charge in [0.25, 0.3) is 0 Å². The summed E-state index contributed by atoms with van der Waals surface area (Å²) >= 11 is 0. The first-order valence-corrected chi connectivity index (χ1v) is 9.85. The van der Waals surface area contributed by atoms with Gasteiger partial charge in [-0.25, -0.2) is 8.42 Å². The predicted molar refractivity (Wildman–Crippen MR) is 93.2 cm³/mol. The van der Waals surface area contributed by atoms with Crippen molar-refractivity contribution in [2.24, 2.45) is 0 Å². The highest BCUT2D eigenvalue weighted by molar-refractivity contribution is 7.91. The maximum Gasteiger partial charge on any atom is 0.341 e. The quantitative estimate of drug-likeness (QED) is 0.791. The molecule has 134 valence electrons. The Bertz CT molecular complexity index is 835. The topological polar surface area (TPSA) is 37.4 Å². The molecule has 3 rings (SSSR count). The van der Waals surface area contributed by atoms with E-state index in [2.05, 4.69) is 24.0 Å². The number of benzene rings is 2. The number of nitrogens with zero attached hydrogens (tertiary/aromatic N) is 1. The summed E-state index contributed by atoms with van der Waals surface area (Å²) in [6, 6.07) is 14.5. The largest absolute Gasteiger partial charge is 0.341 e. The summed E-state index contributed by atoms with van der Waals surface area (Å²) < 4.78 is 48.2. The molecular weight excluding hydrogens is 344 g/mol. The number of rotatable bonds is 5. The SMILES string of the molecule is Cc1ccccc1C1CCCN1Cc1ccc(S(=O)(=O)C(F)F)cc1. The van der Waals surface area contributed by atoms with Crippen LogP contribution in [-0.2, 0) is 16.4 Å². The van der Waals surface area contributed by atoms with E-state index in [9.17, 15) is 17.2 Å². The van der Waals surface area contributed by atoms with E-state index in [0.717, 1.165) is 24.9 Å². The molecule has 1 saturated heterocycles. The number of likely N-dealkylation sites (tertiary alicyclic amines) is 1.